The van der Waals surface area contributed by atoms with Crippen LogP contribution in [0.25, 0.3) is 0 Å². The number of hydrogen-bond acceptors (Lipinski definition) is 4. The Balaban J connectivity index is 2.16. The molecule has 0 aliphatic heterocycles. The zero-order chi connectivity index (χ0) is 16.3. The summed E-state index contributed by atoms with van der Waals surface area (Å²) < 4.78 is 48.1. The van der Waals surface area contributed by atoms with Crippen LogP contribution in [0.3, 0.4) is 0 Å². The Hall–Kier alpha value is -1.87. The zero-order valence-corrected chi connectivity index (χ0v) is 13.2. The largest absolute Gasteiger partial charge is 0.341 e. The number of carbonyl (C=O) groups excluding carboxylic acids is 1. The Bertz CT molecular complexity index is 778. The number of sulfone groups is 1. The summed E-state index contributed by atoms with van der Waals surface area (Å²) in [6.07, 6.45) is 1.49. The van der Waals surface area contributed by atoms with Gasteiger partial charge in [0.25, 0.3) is 5.91 Å². The maximum Gasteiger partial charge on any atom is 0.341 e. The van der Waals surface area contributed by atoms with E-state index in [9.17, 15) is 22.0 Å². The van der Waals surface area contributed by atoms with Gasteiger partial charge in [0.1, 0.15) is 5.82 Å². The molecule has 0 spiro atoms. The quantitative estimate of drug-likeness (QED) is 0.869. The normalized spacial score (nSPS) is 11.5. The Kier molecular flexibility index (Phi) is 4.87. The number of aromatic nitrogens is 1. The van der Waals surface area contributed by atoms with Crippen molar-refractivity contribution in [3.63, 3.8) is 0 Å². The number of pyridine rings is 1. The molecule has 0 unspecified atom stereocenters. The van der Waals surface area contributed by atoms with Gasteiger partial charge in [0.2, 0.25) is 9.84 Å². The number of alkyl halides is 2. The summed E-state index contributed by atoms with van der Waals surface area (Å²) in [5, 5.41) is 2.50. The smallest absolute Gasteiger partial charge is 0.307 e. The van der Waals surface area contributed by atoms with Crippen LogP contribution >= 0.6 is 15.9 Å². The number of anilines is 1. The number of carbonyl (C=O) groups is 1. The number of benzene rings is 1. The fourth-order valence-corrected chi connectivity index (χ4v) is 2.49. The van der Waals surface area contributed by atoms with E-state index in [1.807, 2.05) is 0 Å². The SMILES string of the molecule is O=C(Nc1ccc(Br)cn1)c1ccc(S(=O)(=O)C(F)F)cc1. The first kappa shape index (κ1) is 16.5. The van der Waals surface area contributed by atoms with Crippen LogP contribution in [0.5, 0.6) is 0 Å². The summed E-state index contributed by atoms with van der Waals surface area (Å²) in [5.74, 6) is -3.73. The maximum atomic E-state index is 12.4. The maximum absolute atomic E-state index is 12.4. The van der Waals surface area contributed by atoms with Crippen molar-refractivity contribution in [2.75, 3.05) is 5.32 Å². The van der Waals surface area contributed by atoms with Gasteiger partial charge in [-0.05, 0) is 52.3 Å². The molecule has 1 heterocycles. The van der Waals surface area contributed by atoms with E-state index in [-0.39, 0.29) is 5.56 Å². The molecule has 116 valence electrons. The summed E-state index contributed by atoms with van der Waals surface area (Å²) in [7, 11) is -4.67. The number of amides is 1. The fraction of sp³-hybridized carbons (Fsp3) is 0.0769. The van der Waals surface area contributed by atoms with Gasteiger partial charge in [-0.1, -0.05) is 0 Å². The van der Waals surface area contributed by atoms with Gasteiger partial charge < -0.3 is 5.32 Å². The van der Waals surface area contributed by atoms with Crippen LogP contribution in [0.1, 0.15) is 10.4 Å². The van der Waals surface area contributed by atoms with Crippen molar-refractivity contribution in [2.24, 2.45) is 0 Å². The van der Waals surface area contributed by atoms with Gasteiger partial charge in [-0.3, -0.25) is 4.79 Å². The first-order valence-electron chi connectivity index (χ1n) is 5.86. The van der Waals surface area contributed by atoms with Crippen molar-refractivity contribution in [3.05, 3.63) is 52.6 Å². The average molecular weight is 391 g/mol. The molecule has 1 amide bonds. The van der Waals surface area contributed by atoms with Crippen LogP contribution in [0.2, 0.25) is 0 Å². The molecule has 2 aromatic rings. The average Bonchev–Trinajstić information content (AvgIpc) is 2.49. The molecule has 0 aliphatic rings. The van der Waals surface area contributed by atoms with Crippen LogP contribution < -0.4 is 5.32 Å². The molecule has 2 rings (SSSR count). The molecule has 0 aliphatic carbocycles. The second-order valence-corrected chi connectivity index (χ2v) is 6.98. The van der Waals surface area contributed by atoms with E-state index in [0.29, 0.717) is 5.82 Å². The summed E-state index contributed by atoms with van der Waals surface area (Å²) in [4.78, 5) is 15.3. The van der Waals surface area contributed by atoms with Crippen LogP contribution in [0.4, 0.5) is 14.6 Å². The monoisotopic (exact) mass is 390 g/mol. The van der Waals surface area contributed by atoms with E-state index < -0.39 is 26.4 Å². The lowest BCUT2D eigenvalue weighted by molar-refractivity contribution is 0.102. The number of hydrogen-bond donors (Lipinski definition) is 1. The topological polar surface area (TPSA) is 76.1 Å². The third-order valence-electron chi connectivity index (χ3n) is 2.65. The summed E-state index contributed by atoms with van der Waals surface area (Å²) in [6, 6.07) is 7.49. The molecule has 0 radical (unpaired) electrons. The van der Waals surface area contributed by atoms with Gasteiger partial charge >= 0.3 is 5.76 Å². The lowest BCUT2D eigenvalue weighted by Gasteiger charge is -2.06. The van der Waals surface area contributed by atoms with E-state index in [1.165, 1.54) is 6.20 Å². The molecular weight excluding hydrogens is 382 g/mol. The van der Waals surface area contributed by atoms with Crippen LogP contribution in [0.15, 0.2) is 52.0 Å². The highest BCUT2D eigenvalue weighted by Crippen LogP contribution is 2.19. The lowest BCUT2D eigenvalue weighted by Crippen LogP contribution is -2.14. The molecule has 22 heavy (non-hydrogen) atoms. The van der Waals surface area contributed by atoms with E-state index in [4.69, 9.17) is 0 Å². The van der Waals surface area contributed by atoms with Gasteiger partial charge in [-0.15, -0.1) is 0 Å². The second-order valence-electron chi connectivity index (χ2n) is 4.15. The molecule has 0 bridgehead atoms. The molecule has 1 aromatic carbocycles. The van der Waals surface area contributed by atoms with Crippen molar-refractivity contribution >= 4 is 37.5 Å². The number of rotatable bonds is 4. The molecule has 5 nitrogen and oxygen atoms in total. The minimum atomic E-state index is -4.67. The van der Waals surface area contributed by atoms with Crippen molar-refractivity contribution < 1.29 is 22.0 Å². The highest BCUT2D eigenvalue weighted by Gasteiger charge is 2.26. The molecule has 0 atom stereocenters. The molecule has 0 saturated carbocycles. The molecular formula is C13H9BrF2N2O3S. The van der Waals surface area contributed by atoms with Gasteiger partial charge in [0, 0.05) is 16.2 Å². The van der Waals surface area contributed by atoms with Gasteiger partial charge in [0.15, 0.2) is 0 Å². The Labute approximate surface area is 133 Å². The molecule has 9 heteroatoms. The highest BCUT2D eigenvalue weighted by atomic mass is 79.9. The van der Waals surface area contributed by atoms with Gasteiger partial charge in [-0.2, -0.15) is 8.78 Å². The Morgan fingerprint density at radius 2 is 1.77 bits per heavy atom. The molecule has 0 fully saturated rings. The highest BCUT2D eigenvalue weighted by molar-refractivity contribution is 9.10. The first-order chi connectivity index (χ1) is 10.3. The number of halogens is 3. The van der Waals surface area contributed by atoms with Crippen LogP contribution in [-0.2, 0) is 9.84 Å². The molecule has 1 N–H and O–H groups in total. The van der Waals surface area contributed by atoms with Gasteiger partial charge in [0.05, 0.1) is 4.90 Å². The van der Waals surface area contributed by atoms with Crippen molar-refractivity contribution in [1.82, 2.24) is 4.98 Å². The summed E-state index contributed by atoms with van der Waals surface area (Å²) in [6.45, 7) is 0. The standard InChI is InChI=1S/C13H9BrF2N2O3S/c14-9-3-6-11(17-7-9)18-12(19)8-1-4-10(5-2-8)22(20,21)13(15)16/h1-7,13H,(H,17,18,19). The van der Waals surface area contributed by atoms with Gasteiger partial charge in [-0.25, -0.2) is 13.4 Å². The van der Waals surface area contributed by atoms with Crippen molar-refractivity contribution in [3.8, 4) is 0 Å². The molecule has 0 saturated heterocycles. The minimum Gasteiger partial charge on any atom is -0.307 e. The third-order valence-corrected chi connectivity index (χ3v) is 4.52. The summed E-state index contributed by atoms with van der Waals surface area (Å²) in [5.41, 5.74) is 0.123. The first-order valence-corrected chi connectivity index (χ1v) is 8.19. The predicted molar refractivity (Wildman–Crippen MR) is 79.5 cm³/mol. The van der Waals surface area contributed by atoms with Crippen molar-refractivity contribution in [2.45, 2.75) is 10.7 Å². The number of nitrogens with zero attached hydrogens (tertiary/aromatic N) is 1. The Morgan fingerprint density at radius 3 is 2.27 bits per heavy atom. The van der Waals surface area contributed by atoms with E-state index >= 15 is 0 Å². The van der Waals surface area contributed by atoms with Crippen LogP contribution in [0, 0.1) is 0 Å². The summed E-state index contributed by atoms with van der Waals surface area (Å²) >= 11 is 3.20. The number of nitrogens with one attached hydrogen (secondary N) is 1. The van der Waals surface area contributed by atoms with E-state index in [1.54, 1.807) is 12.1 Å². The minimum absolute atomic E-state index is 0.123. The Morgan fingerprint density at radius 1 is 1.14 bits per heavy atom. The third kappa shape index (κ3) is 3.66. The van der Waals surface area contributed by atoms with Crippen molar-refractivity contribution in [1.29, 1.82) is 0 Å². The van der Waals surface area contributed by atoms with E-state index in [2.05, 4.69) is 26.2 Å². The zero-order valence-electron chi connectivity index (χ0n) is 10.8. The lowest BCUT2D eigenvalue weighted by atomic mass is 10.2. The molecule has 1 aromatic heterocycles. The van der Waals surface area contributed by atoms with E-state index in [0.717, 1.165) is 28.7 Å². The predicted octanol–water partition coefficient (Wildman–Crippen LogP) is 3.09. The fourth-order valence-electron chi connectivity index (χ4n) is 1.54. The van der Waals surface area contributed by atoms with Crippen LogP contribution in [-0.4, -0.2) is 25.1 Å². The second kappa shape index (κ2) is 6.49.